The van der Waals surface area contributed by atoms with Gasteiger partial charge < -0.3 is 10.6 Å². The molecule has 2 N–H and O–H groups in total. The van der Waals surface area contributed by atoms with E-state index in [4.69, 9.17) is 5.73 Å². The minimum Gasteiger partial charge on any atom is -0.399 e. The molecule has 84 valence electrons. The quantitative estimate of drug-likeness (QED) is 0.619. The second-order valence-electron chi connectivity index (χ2n) is 3.71. The van der Waals surface area contributed by atoms with Crippen LogP contribution >= 0.6 is 11.8 Å². The molecule has 0 unspecified atom stereocenters. The van der Waals surface area contributed by atoms with Gasteiger partial charge in [-0.15, -0.1) is 0 Å². The number of benzene rings is 1. The summed E-state index contributed by atoms with van der Waals surface area (Å²) in [5, 5.41) is 0. The summed E-state index contributed by atoms with van der Waals surface area (Å²) < 4.78 is 13.3. The van der Waals surface area contributed by atoms with E-state index in [1.165, 1.54) is 6.07 Å². The van der Waals surface area contributed by atoms with Crippen LogP contribution in [0.2, 0.25) is 0 Å². The standard InChI is InChI=1S/C11H17FN2S/c1-14(2)5-6-15-8-9-3-4-10(13)7-11(9)12/h3-4,7H,5-6,8,13H2,1-2H3. The molecule has 2 nitrogen and oxygen atoms in total. The van der Waals surface area contributed by atoms with E-state index < -0.39 is 0 Å². The number of anilines is 1. The van der Waals surface area contributed by atoms with Crippen LogP contribution in [-0.4, -0.2) is 31.3 Å². The molecule has 0 atom stereocenters. The summed E-state index contributed by atoms with van der Waals surface area (Å²) in [7, 11) is 4.06. The molecule has 0 aliphatic heterocycles. The first-order valence-corrected chi connectivity index (χ1v) is 6.01. The van der Waals surface area contributed by atoms with E-state index in [9.17, 15) is 4.39 Å². The number of hydrogen-bond donors (Lipinski definition) is 1. The SMILES string of the molecule is CN(C)CCSCc1ccc(N)cc1F. The van der Waals surface area contributed by atoms with Crippen molar-refractivity contribution in [1.29, 1.82) is 0 Å². The first-order chi connectivity index (χ1) is 7.09. The molecule has 0 radical (unpaired) electrons. The maximum absolute atomic E-state index is 13.3. The molecule has 4 heteroatoms. The maximum atomic E-state index is 13.3. The van der Waals surface area contributed by atoms with Crippen molar-refractivity contribution in [3.05, 3.63) is 29.6 Å². The lowest BCUT2D eigenvalue weighted by molar-refractivity contribution is 0.437. The van der Waals surface area contributed by atoms with Gasteiger partial charge in [0.2, 0.25) is 0 Å². The third kappa shape index (κ3) is 4.53. The monoisotopic (exact) mass is 228 g/mol. The highest BCUT2D eigenvalue weighted by Gasteiger charge is 2.02. The van der Waals surface area contributed by atoms with Gasteiger partial charge in [0.15, 0.2) is 0 Å². The highest BCUT2D eigenvalue weighted by molar-refractivity contribution is 7.98. The Kier molecular flexibility index (Phi) is 4.91. The molecular weight excluding hydrogens is 211 g/mol. The highest BCUT2D eigenvalue weighted by Crippen LogP contribution is 2.17. The number of hydrogen-bond acceptors (Lipinski definition) is 3. The average molecular weight is 228 g/mol. The number of nitrogens with zero attached hydrogens (tertiary/aromatic N) is 1. The van der Waals surface area contributed by atoms with Crippen LogP contribution in [0.1, 0.15) is 5.56 Å². The normalized spacial score (nSPS) is 10.9. The van der Waals surface area contributed by atoms with E-state index in [-0.39, 0.29) is 5.82 Å². The van der Waals surface area contributed by atoms with E-state index in [0.717, 1.165) is 17.9 Å². The van der Waals surface area contributed by atoms with Gasteiger partial charge in [0, 0.05) is 23.7 Å². The summed E-state index contributed by atoms with van der Waals surface area (Å²) >= 11 is 1.73. The molecule has 0 saturated heterocycles. The summed E-state index contributed by atoms with van der Waals surface area (Å²) in [5.74, 6) is 1.52. The summed E-state index contributed by atoms with van der Waals surface area (Å²) in [6, 6.07) is 4.88. The minimum atomic E-state index is -0.202. The predicted octanol–water partition coefficient (Wildman–Crippen LogP) is 2.20. The fraction of sp³-hybridized carbons (Fsp3) is 0.455. The Balaban J connectivity index is 2.37. The van der Waals surface area contributed by atoms with Crippen LogP contribution in [0.15, 0.2) is 18.2 Å². The van der Waals surface area contributed by atoms with Gasteiger partial charge >= 0.3 is 0 Å². The van der Waals surface area contributed by atoms with Crippen LogP contribution < -0.4 is 5.73 Å². The Hall–Kier alpha value is -0.740. The van der Waals surface area contributed by atoms with Gasteiger partial charge in [-0.2, -0.15) is 11.8 Å². The molecule has 1 aromatic carbocycles. The summed E-state index contributed by atoms with van der Waals surface area (Å²) in [6.07, 6.45) is 0. The molecule has 0 aliphatic rings. The zero-order valence-corrected chi connectivity index (χ0v) is 9.98. The third-order valence-electron chi connectivity index (χ3n) is 2.02. The molecule has 0 amide bonds. The van der Waals surface area contributed by atoms with Gasteiger partial charge in [-0.25, -0.2) is 4.39 Å². The van der Waals surface area contributed by atoms with Crippen LogP contribution in [0.3, 0.4) is 0 Å². The lowest BCUT2D eigenvalue weighted by Gasteiger charge is -2.09. The molecule has 0 fully saturated rings. The molecule has 0 saturated carbocycles. The molecule has 0 spiro atoms. The largest absolute Gasteiger partial charge is 0.399 e. The first-order valence-electron chi connectivity index (χ1n) is 4.86. The van der Waals surface area contributed by atoms with E-state index in [0.29, 0.717) is 11.4 Å². The molecular formula is C11H17FN2S. The smallest absolute Gasteiger partial charge is 0.129 e. The molecule has 1 aromatic rings. The van der Waals surface area contributed by atoms with E-state index in [1.807, 2.05) is 14.1 Å². The van der Waals surface area contributed by atoms with Crippen molar-refractivity contribution in [2.45, 2.75) is 5.75 Å². The number of nitrogens with two attached hydrogens (primary N) is 1. The topological polar surface area (TPSA) is 29.3 Å². The zero-order valence-electron chi connectivity index (χ0n) is 9.16. The number of nitrogen functional groups attached to an aromatic ring is 1. The molecule has 0 heterocycles. The Morgan fingerprint density at radius 3 is 2.73 bits per heavy atom. The molecule has 0 aliphatic carbocycles. The van der Waals surface area contributed by atoms with E-state index in [2.05, 4.69) is 4.90 Å². The summed E-state index contributed by atoms with van der Waals surface area (Å²) in [4.78, 5) is 2.12. The van der Waals surface area contributed by atoms with Gasteiger partial charge in [0.05, 0.1) is 0 Å². The van der Waals surface area contributed by atoms with Gasteiger partial charge in [-0.3, -0.25) is 0 Å². The van der Waals surface area contributed by atoms with Crippen molar-refractivity contribution < 1.29 is 4.39 Å². The molecule has 0 bridgehead atoms. The second kappa shape index (κ2) is 5.98. The second-order valence-corrected chi connectivity index (χ2v) is 4.81. The lowest BCUT2D eigenvalue weighted by atomic mass is 10.2. The van der Waals surface area contributed by atoms with Crippen LogP contribution in [0.4, 0.5) is 10.1 Å². The van der Waals surface area contributed by atoms with E-state index in [1.54, 1.807) is 23.9 Å². The van der Waals surface area contributed by atoms with E-state index >= 15 is 0 Å². The number of rotatable bonds is 5. The van der Waals surface area contributed by atoms with Crippen molar-refractivity contribution in [3.8, 4) is 0 Å². The molecule has 0 aromatic heterocycles. The molecule has 15 heavy (non-hydrogen) atoms. The van der Waals surface area contributed by atoms with Gasteiger partial charge in [0.1, 0.15) is 5.82 Å². The number of halogens is 1. The molecule has 1 rings (SSSR count). The summed E-state index contributed by atoms with van der Waals surface area (Å²) in [5.41, 5.74) is 6.68. The average Bonchev–Trinajstić information content (AvgIpc) is 2.14. The van der Waals surface area contributed by atoms with Gasteiger partial charge in [-0.05, 0) is 31.8 Å². The third-order valence-corrected chi connectivity index (χ3v) is 3.00. The fourth-order valence-corrected chi connectivity index (χ4v) is 2.20. The Morgan fingerprint density at radius 1 is 1.40 bits per heavy atom. The van der Waals surface area contributed by atoms with Crippen LogP contribution in [0.25, 0.3) is 0 Å². The highest BCUT2D eigenvalue weighted by atomic mass is 32.2. The zero-order chi connectivity index (χ0) is 11.3. The van der Waals surface area contributed by atoms with Crippen molar-refractivity contribution >= 4 is 17.4 Å². The van der Waals surface area contributed by atoms with Gasteiger partial charge in [0.25, 0.3) is 0 Å². The van der Waals surface area contributed by atoms with Crippen molar-refractivity contribution in [2.75, 3.05) is 32.1 Å². The fourth-order valence-electron chi connectivity index (χ4n) is 1.11. The van der Waals surface area contributed by atoms with Crippen molar-refractivity contribution in [2.24, 2.45) is 0 Å². The lowest BCUT2D eigenvalue weighted by Crippen LogP contribution is -2.14. The number of thioether (sulfide) groups is 1. The van der Waals surface area contributed by atoms with Crippen LogP contribution in [0, 0.1) is 5.82 Å². The van der Waals surface area contributed by atoms with Crippen molar-refractivity contribution in [1.82, 2.24) is 4.90 Å². The summed E-state index contributed by atoms with van der Waals surface area (Å²) in [6.45, 7) is 1.02. The van der Waals surface area contributed by atoms with Crippen LogP contribution in [0.5, 0.6) is 0 Å². The Morgan fingerprint density at radius 2 is 2.13 bits per heavy atom. The first kappa shape index (κ1) is 12.3. The Labute approximate surface area is 94.6 Å². The maximum Gasteiger partial charge on any atom is 0.129 e. The minimum absolute atomic E-state index is 0.202. The predicted molar refractivity (Wildman–Crippen MR) is 65.5 cm³/mol. The van der Waals surface area contributed by atoms with Gasteiger partial charge in [-0.1, -0.05) is 6.07 Å². The Bertz CT molecular complexity index is 315. The van der Waals surface area contributed by atoms with Crippen molar-refractivity contribution in [3.63, 3.8) is 0 Å². The van der Waals surface area contributed by atoms with Crippen LogP contribution in [-0.2, 0) is 5.75 Å².